The molecule has 2 N–H and O–H groups in total. The zero-order valence-corrected chi connectivity index (χ0v) is 18.8. The number of benzene rings is 2. The first-order valence-corrected chi connectivity index (χ1v) is 10.5. The quantitative estimate of drug-likeness (QED) is 0.504. The molecule has 1 aliphatic heterocycles. The Hall–Kier alpha value is -2.97. The number of rotatable bonds is 4. The molecule has 0 saturated heterocycles. The van der Waals surface area contributed by atoms with Gasteiger partial charge in [-0.2, -0.15) is 0 Å². The van der Waals surface area contributed by atoms with Gasteiger partial charge in [0.05, 0.1) is 11.6 Å². The molecule has 1 amide bonds. The molecule has 2 heterocycles. The van der Waals surface area contributed by atoms with Crippen LogP contribution in [0.2, 0.25) is 0 Å². The van der Waals surface area contributed by atoms with Crippen molar-refractivity contribution >= 4 is 50.7 Å². The summed E-state index contributed by atoms with van der Waals surface area (Å²) in [4.78, 5) is 15.2. The fourth-order valence-electron chi connectivity index (χ4n) is 3.44. The number of nitrogens with one attached hydrogen (secondary N) is 2. The molecule has 30 heavy (non-hydrogen) atoms. The second-order valence-electron chi connectivity index (χ2n) is 6.88. The first-order chi connectivity index (χ1) is 14.4. The van der Waals surface area contributed by atoms with Crippen LogP contribution in [0.15, 0.2) is 80.9 Å². The van der Waals surface area contributed by atoms with Gasteiger partial charge in [0.1, 0.15) is 5.76 Å². The zero-order chi connectivity index (χ0) is 21.3. The normalized spacial score (nSPS) is 16.4. The second kappa shape index (κ2) is 8.41. The SMILES string of the molecule is CC1=C(C(=O)Nc2cc(C)on2)C(c2ccc(Br)cc2)NC(=S)N1c1ccccc1. The maximum Gasteiger partial charge on any atom is 0.257 e. The molecular weight excluding hydrogens is 464 g/mol. The molecule has 0 bridgehead atoms. The Bertz CT molecular complexity index is 1130. The highest BCUT2D eigenvalue weighted by Gasteiger charge is 2.34. The van der Waals surface area contributed by atoms with Crippen molar-refractivity contribution in [1.82, 2.24) is 10.5 Å². The van der Waals surface area contributed by atoms with Crippen LogP contribution in [-0.4, -0.2) is 16.2 Å². The molecule has 2 aromatic carbocycles. The number of para-hydroxylation sites is 1. The summed E-state index contributed by atoms with van der Waals surface area (Å²) in [6.45, 7) is 3.67. The molecule has 1 unspecified atom stereocenters. The van der Waals surface area contributed by atoms with Gasteiger partial charge in [0.2, 0.25) is 0 Å². The number of allylic oxidation sites excluding steroid dienone is 1. The summed E-state index contributed by atoms with van der Waals surface area (Å²) in [5, 5.41) is 10.6. The summed E-state index contributed by atoms with van der Waals surface area (Å²) >= 11 is 9.13. The number of amides is 1. The Balaban J connectivity index is 1.80. The van der Waals surface area contributed by atoms with E-state index < -0.39 is 6.04 Å². The molecule has 0 aliphatic carbocycles. The van der Waals surface area contributed by atoms with Crippen molar-refractivity contribution in [1.29, 1.82) is 0 Å². The van der Waals surface area contributed by atoms with Crippen molar-refractivity contribution in [2.75, 3.05) is 10.2 Å². The van der Waals surface area contributed by atoms with Gasteiger partial charge < -0.3 is 15.2 Å². The average molecular weight is 483 g/mol. The lowest BCUT2D eigenvalue weighted by atomic mass is 9.94. The minimum atomic E-state index is -0.404. The molecule has 1 aromatic heterocycles. The Kier molecular flexibility index (Phi) is 5.69. The monoisotopic (exact) mass is 482 g/mol. The summed E-state index contributed by atoms with van der Waals surface area (Å²) in [7, 11) is 0. The molecule has 0 saturated carbocycles. The van der Waals surface area contributed by atoms with E-state index in [1.807, 2.05) is 66.4 Å². The number of halogens is 1. The number of thiocarbonyl (C=S) groups is 1. The molecule has 0 fully saturated rings. The van der Waals surface area contributed by atoms with Crippen LogP contribution in [0.4, 0.5) is 11.5 Å². The zero-order valence-electron chi connectivity index (χ0n) is 16.3. The van der Waals surface area contributed by atoms with E-state index in [9.17, 15) is 4.79 Å². The molecule has 6 nitrogen and oxygen atoms in total. The second-order valence-corrected chi connectivity index (χ2v) is 8.18. The lowest BCUT2D eigenvalue weighted by molar-refractivity contribution is -0.113. The van der Waals surface area contributed by atoms with Gasteiger partial charge in [0.25, 0.3) is 5.91 Å². The molecule has 8 heteroatoms. The summed E-state index contributed by atoms with van der Waals surface area (Å²) in [5.41, 5.74) is 3.10. The van der Waals surface area contributed by atoms with Crippen molar-refractivity contribution in [2.45, 2.75) is 19.9 Å². The van der Waals surface area contributed by atoms with E-state index in [0.717, 1.165) is 21.4 Å². The molecule has 1 atom stereocenters. The molecule has 152 valence electrons. The smallest absolute Gasteiger partial charge is 0.257 e. The van der Waals surface area contributed by atoms with Crippen LogP contribution in [0.3, 0.4) is 0 Å². The highest BCUT2D eigenvalue weighted by atomic mass is 79.9. The van der Waals surface area contributed by atoms with Crippen molar-refractivity contribution in [3.8, 4) is 0 Å². The van der Waals surface area contributed by atoms with E-state index in [2.05, 4.69) is 31.7 Å². The topological polar surface area (TPSA) is 70.4 Å². The first kappa shape index (κ1) is 20.3. The number of hydrogen-bond acceptors (Lipinski definition) is 4. The summed E-state index contributed by atoms with van der Waals surface area (Å²) in [5.74, 6) is 0.714. The largest absolute Gasteiger partial charge is 0.360 e. The fourth-order valence-corrected chi connectivity index (χ4v) is 4.06. The maximum absolute atomic E-state index is 13.4. The van der Waals surface area contributed by atoms with Crippen LogP contribution in [-0.2, 0) is 4.79 Å². The van der Waals surface area contributed by atoms with Crippen molar-refractivity contribution in [2.24, 2.45) is 0 Å². The van der Waals surface area contributed by atoms with E-state index in [-0.39, 0.29) is 5.91 Å². The van der Waals surface area contributed by atoms with E-state index >= 15 is 0 Å². The average Bonchev–Trinajstić information content (AvgIpc) is 3.13. The predicted octanol–water partition coefficient (Wildman–Crippen LogP) is 5.09. The number of carbonyl (C=O) groups excluding carboxylic acids is 1. The summed E-state index contributed by atoms with van der Waals surface area (Å²) in [6, 6.07) is 18.8. The van der Waals surface area contributed by atoms with Crippen LogP contribution in [0.5, 0.6) is 0 Å². The molecule has 0 radical (unpaired) electrons. The first-order valence-electron chi connectivity index (χ1n) is 9.30. The van der Waals surface area contributed by atoms with Gasteiger partial charge >= 0.3 is 0 Å². The third-order valence-corrected chi connectivity index (χ3v) is 5.65. The minimum Gasteiger partial charge on any atom is -0.360 e. The van der Waals surface area contributed by atoms with E-state index in [1.165, 1.54) is 0 Å². The van der Waals surface area contributed by atoms with Gasteiger partial charge in [-0.05, 0) is 55.9 Å². The van der Waals surface area contributed by atoms with Crippen molar-refractivity contribution in [3.63, 3.8) is 0 Å². The summed E-state index contributed by atoms with van der Waals surface area (Å²) in [6.07, 6.45) is 0. The lowest BCUT2D eigenvalue weighted by Gasteiger charge is -2.37. The minimum absolute atomic E-state index is 0.273. The van der Waals surface area contributed by atoms with Crippen molar-refractivity contribution < 1.29 is 9.32 Å². The van der Waals surface area contributed by atoms with Gasteiger partial charge in [-0.25, -0.2) is 0 Å². The Labute approximate surface area is 188 Å². The van der Waals surface area contributed by atoms with Gasteiger partial charge in [0.15, 0.2) is 10.9 Å². The number of aromatic nitrogens is 1. The standard InChI is InChI=1S/C22H19BrN4O2S/c1-13-12-18(26-29-13)24-21(28)19-14(2)27(17-6-4-3-5-7-17)22(30)25-20(19)15-8-10-16(23)11-9-15/h3-12,20H,1-2H3,(H,25,30)(H,24,26,28). The highest BCUT2D eigenvalue weighted by molar-refractivity contribution is 9.10. The Morgan fingerprint density at radius 3 is 2.50 bits per heavy atom. The third-order valence-electron chi connectivity index (χ3n) is 4.82. The maximum atomic E-state index is 13.4. The number of carbonyl (C=O) groups is 1. The Morgan fingerprint density at radius 1 is 1.17 bits per heavy atom. The van der Waals surface area contributed by atoms with E-state index in [0.29, 0.717) is 22.3 Å². The predicted molar refractivity (Wildman–Crippen MR) is 124 cm³/mol. The van der Waals surface area contributed by atoms with Crippen LogP contribution < -0.4 is 15.5 Å². The number of nitrogens with zero attached hydrogens (tertiary/aromatic N) is 2. The van der Waals surface area contributed by atoms with Crippen LogP contribution in [0.1, 0.15) is 24.3 Å². The molecule has 3 aromatic rings. The highest BCUT2D eigenvalue weighted by Crippen LogP contribution is 2.34. The van der Waals surface area contributed by atoms with Gasteiger partial charge in [-0.3, -0.25) is 9.69 Å². The lowest BCUT2D eigenvalue weighted by Crippen LogP contribution is -2.48. The molecule has 1 aliphatic rings. The van der Waals surface area contributed by atoms with E-state index in [4.69, 9.17) is 16.7 Å². The Morgan fingerprint density at radius 2 is 1.87 bits per heavy atom. The molecular formula is C22H19BrN4O2S. The third kappa shape index (κ3) is 4.01. The van der Waals surface area contributed by atoms with Crippen molar-refractivity contribution in [3.05, 3.63) is 87.7 Å². The van der Waals surface area contributed by atoms with E-state index in [1.54, 1.807) is 13.0 Å². The van der Waals surface area contributed by atoms with Gasteiger partial charge in [-0.1, -0.05) is 51.4 Å². The van der Waals surface area contributed by atoms with Gasteiger partial charge in [0, 0.05) is 21.9 Å². The van der Waals surface area contributed by atoms with Gasteiger partial charge in [-0.15, -0.1) is 0 Å². The number of aryl methyl sites for hydroxylation is 1. The number of anilines is 2. The van der Waals surface area contributed by atoms with Crippen LogP contribution in [0.25, 0.3) is 0 Å². The fraction of sp³-hybridized carbons (Fsp3) is 0.136. The summed E-state index contributed by atoms with van der Waals surface area (Å²) < 4.78 is 6.04. The van der Waals surface area contributed by atoms with Crippen LogP contribution in [0, 0.1) is 6.92 Å². The molecule has 0 spiro atoms. The molecule has 4 rings (SSSR count). The van der Waals surface area contributed by atoms with Crippen LogP contribution >= 0.6 is 28.1 Å². The number of hydrogen-bond donors (Lipinski definition) is 2.